The number of nitrogens with one attached hydrogen (secondary N) is 1. The van der Waals surface area contributed by atoms with E-state index in [9.17, 15) is 4.79 Å². The molecule has 0 spiro atoms. The third kappa shape index (κ3) is 3.55. The molecular weight excluding hydrogens is 294 g/mol. The predicted molar refractivity (Wildman–Crippen MR) is 89.7 cm³/mol. The highest BCUT2D eigenvalue weighted by atomic mass is 32.1. The lowest BCUT2D eigenvalue weighted by Crippen LogP contribution is -2.40. The first-order valence-electron chi connectivity index (χ1n) is 7.60. The predicted octanol–water partition coefficient (Wildman–Crippen LogP) is 1.92. The summed E-state index contributed by atoms with van der Waals surface area (Å²) < 4.78 is 0. The Morgan fingerprint density at radius 3 is 2.95 bits per heavy atom. The fraction of sp³-hybridized carbons (Fsp3) is 0.353. The molecule has 1 aromatic carbocycles. The van der Waals surface area contributed by atoms with E-state index in [0.29, 0.717) is 6.54 Å². The molecule has 0 saturated carbocycles. The summed E-state index contributed by atoms with van der Waals surface area (Å²) in [6, 6.07) is 11.1. The molecule has 3 rings (SSSR count). The van der Waals surface area contributed by atoms with E-state index in [4.69, 9.17) is 5.73 Å². The van der Waals surface area contributed by atoms with Crippen molar-refractivity contribution < 1.29 is 4.79 Å². The van der Waals surface area contributed by atoms with Crippen molar-refractivity contribution >= 4 is 17.2 Å². The summed E-state index contributed by atoms with van der Waals surface area (Å²) >= 11 is 1.84. The van der Waals surface area contributed by atoms with Gasteiger partial charge in [-0.25, -0.2) is 0 Å². The average Bonchev–Trinajstić information content (AvgIpc) is 3.02. The van der Waals surface area contributed by atoms with Gasteiger partial charge in [0.25, 0.3) is 0 Å². The normalized spacial score (nSPS) is 16.0. The molecule has 22 heavy (non-hydrogen) atoms. The monoisotopic (exact) mass is 315 g/mol. The molecule has 0 aliphatic carbocycles. The molecule has 2 heterocycles. The van der Waals surface area contributed by atoms with Gasteiger partial charge in [0.05, 0.1) is 0 Å². The van der Waals surface area contributed by atoms with Gasteiger partial charge in [0.1, 0.15) is 6.04 Å². The second-order valence-corrected chi connectivity index (χ2v) is 6.58. The number of hydrogen-bond donors (Lipinski definition) is 2. The van der Waals surface area contributed by atoms with Crippen LogP contribution in [0.15, 0.2) is 41.8 Å². The van der Waals surface area contributed by atoms with Gasteiger partial charge in [0, 0.05) is 31.1 Å². The molecule has 1 atom stereocenters. The zero-order valence-corrected chi connectivity index (χ0v) is 13.3. The van der Waals surface area contributed by atoms with Crippen molar-refractivity contribution in [2.24, 2.45) is 5.73 Å². The van der Waals surface area contributed by atoms with Crippen molar-refractivity contribution in [2.45, 2.75) is 19.0 Å². The quantitative estimate of drug-likeness (QED) is 0.886. The molecule has 1 aromatic heterocycles. The number of nitrogens with zero attached hydrogens (tertiary/aromatic N) is 1. The lowest BCUT2D eigenvalue weighted by atomic mass is 10.1. The number of hydrogen-bond acceptors (Lipinski definition) is 4. The molecule has 4 nitrogen and oxygen atoms in total. The van der Waals surface area contributed by atoms with Crippen LogP contribution in [0.4, 0.5) is 0 Å². The third-order valence-corrected chi connectivity index (χ3v) is 5.08. The maximum atomic E-state index is 12.1. The molecule has 3 N–H and O–H groups in total. The van der Waals surface area contributed by atoms with E-state index in [1.54, 1.807) is 0 Å². The fourth-order valence-corrected chi connectivity index (χ4v) is 3.65. The summed E-state index contributed by atoms with van der Waals surface area (Å²) in [6.07, 6.45) is 1.12. The lowest BCUT2D eigenvalue weighted by Gasteiger charge is -2.27. The molecule has 0 bridgehead atoms. The second kappa shape index (κ2) is 7.05. The standard InChI is InChI=1S/C17H21N3OS/c18-16(13-4-2-1-3-5-13)17(21)19-8-10-20-9-6-15-14(12-20)7-11-22-15/h1-5,7,11,16H,6,8-10,12,18H2,(H,19,21). The highest BCUT2D eigenvalue weighted by molar-refractivity contribution is 7.10. The number of carbonyl (C=O) groups excluding carboxylic acids is 1. The van der Waals surface area contributed by atoms with E-state index >= 15 is 0 Å². The van der Waals surface area contributed by atoms with Gasteiger partial charge >= 0.3 is 0 Å². The Hall–Kier alpha value is -1.69. The van der Waals surface area contributed by atoms with Gasteiger partial charge in [0.2, 0.25) is 5.91 Å². The van der Waals surface area contributed by atoms with Crippen LogP contribution in [0.25, 0.3) is 0 Å². The van der Waals surface area contributed by atoms with Crippen molar-refractivity contribution in [1.29, 1.82) is 0 Å². The van der Waals surface area contributed by atoms with Crippen molar-refractivity contribution in [3.05, 3.63) is 57.8 Å². The van der Waals surface area contributed by atoms with E-state index in [2.05, 4.69) is 21.7 Å². The van der Waals surface area contributed by atoms with Crippen molar-refractivity contribution in [3.63, 3.8) is 0 Å². The van der Waals surface area contributed by atoms with Crippen LogP contribution in [0, 0.1) is 0 Å². The number of amides is 1. The second-order valence-electron chi connectivity index (χ2n) is 5.57. The van der Waals surface area contributed by atoms with E-state index in [1.165, 1.54) is 10.4 Å². The molecule has 116 valence electrons. The number of nitrogens with two attached hydrogens (primary N) is 1. The largest absolute Gasteiger partial charge is 0.353 e. The minimum absolute atomic E-state index is 0.112. The third-order valence-electron chi connectivity index (χ3n) is 4.06. The molecule has 1 aliphatic rings. The zero-order valence-electron chi connectivity index (χ0n) is 12.5. The van der Waals surface area contributed by atoms with Gasteiger partial charge in [-0.2, -0.15) is 0 Å². The van der Waals surface area contributed by atoms with Crippen molar-refractivity contribution in [3.8, 4) is 0 Å². The summed E-state index contributed by atoms with van der Waals surface area (Å²) in [5.41, 5.74) is 8.26. The molecule has 5 heteroatoms. The van der Waals surface area contributed by atoms with Crippen LogP contribution in [0.2, 0.25) is 0 Å². The minimum atomic E-state index is -0.592. The molecule has 1 unspecified atom stereocenters. The number of rotatable bonds is 5. The van der Waals surface area contributed by atoms with Gasteiger partial charge in [-0.1, -0.05) is 30.3 Å². The van der Waals surface area contributed by atoms with Crippen LogP contribution < -0.4 is 11.1 Å². The van der Waals surface area contributed by atoms with Gasteiger partial charge in [-0.05, 0) is 29.0 Å². The van der Waals surface area contributed by atoms with Crippen LogP contribution in [-0.2, 0) is 17.8 Å². The fourth-order valence-electron chi connectivity index (χ4n) is 2.76. The molecule has 0 saturated heterocycles. The number of benzene rings is 1. The first kappa shape index (κ1) is 15.2. The lowest BCUT2D eigenvalue weighted by molar-refractivity contribution is -0.122. The van der Waals surface area contributed by atoms with E-state index in [0.717, 1.165) is 31.6 Å². The van der Waals surface area contributed by atoms with E-state index in [-0.39, 0.29) is 5.91 Å². The van der Waals surface area contributed by atoms with Gasteiger partial charge < -0.3 is 11.1 Å². The van der Waals surface area contributed by atoms with Gasteiger partial charge in [0.15, 0.2) is 0 Å². The van der Waals surface area contributed by atoms with Crippen LogP contribution in [0.3, 0.4) is 0 Å². The first-order valence-corrected chi connectivity index (χ1v) is 8.48. The molecule has 1 aliphatic heterocycles. The molecule has 1 amide bonds. The highest BCUT2D eigenvalue weighted by Gasteiger charge is 2.18. The molecule has 0 fully saturated rings. The zero-order chi connectivity index (χ0) is 15.4. The average molecular weight is 315 g/mol. The highest BCUT2D eigenvalue weighted by Crippen LogP contribution is 2.23. The number of thiophene rings is 1. The SMILES string of the molecule is NC(C(=O)NCCN1CCc2sccc2C1)c1ccccc1. The Kier molecular flexibility index (Phi) is 4.87. The molecule has 0 radical (unpaired) electrons. The van der Waals surface area contributed by atoms with Crippen LogP contribution >= 0.6 is 11.3 Å². The van der Waals surface area contributed by atoms with Crippen LogP contribution in [0.1, 0.15) is 22.0 Å². The maximum Gasteiger partial charge on any atom is 0.241 e. The Bertz CT molecular complexity index is 626. The Morgan fingerprint density at radius 2 is 2.14 bits per heavy atom. The van der Waals surface area contributed by atoms with Crippen LogP contribution in [-0.4, -0.2) is 30.4 Å². The molecular formula is C17H21N3OS. The summed E-state index contributed by atoms with van der Waals surface area (Å²) in [4.78, 5) is 16.0. The Labute approximate surface area is 134 Å². The van der Waals surface area contributed by atoms with Crippen molar-refractivity contribution in [2.75, 3.05) is 19.6 Å². The maximum absolute atomic E-state index is 12.1. The van der Waals surface area contributed by atoms with Crippen molar-refractivity contribution in [1.82, 2.24) is 10.2 Å². The summed E-state index contributed by atoms with van der Waals surface area (Å²) in [6.45, 7) is 3.55. The van der Waals surface area contributed by atoms with Gasteiger partial charge in [-0.3, -0.25) is 9.69 Å². The summed E-state index contributed by atoms with van der Waals surface area (Å²) in [5, 5.41) is 5.10. The number of fused-ring (bicyclic) bond motifs is 1. The van der Waals surface area contributed by atoms with Crippen LogP contribution in [0.5, 0.6) is 0 Å². The molecule has 2 aromatic rings. The summed E-state index contributed by atoms with van der Waals surface area (Å²) in [7, 11) is 0. The minimum Gasteiger partial charge on any atom is -0.353 e. The Morgan fingerprint density at radius 1 is 1.32 bits per heavy atom. The first-order chi connectivity index (χ1) is 10.7. The Balaban J connectivity index is 1.44. The van der Waals surface area contributed by atoms with Gasteiger partial charge in [-0.15, -0.1) is 11.3 Å². The smallest absolute Gasteiger partial charge is 0.241 e. The van der Waals surface area contributed by atoms with E-state index < -0.39 is 6.04 Å². The summed E-state index contributed by atoms with van der Waals surface area (Å²) in [5.74, 6) is -0.112. The number of carbonyl (C=O) groups is 1. The topological polar surface area (TPSA) is 58.4 Å². The van der Waals surface area contributed by atoms with E-state index in [1.807, 2.05) is 41.7 Å².